The molecule has 0 amide bonds. The molecule has 0 bridgehead atoms. The van der Waals surface area contributed by atoms with E-state index < -0.39 is 0 Å². The molecular weight excluding hydrogens is 284 g/mol. The van der Waals surface area contributed by atoms with E-state index in [1.807, 2.05) is 0 Å². The highest BCUT2D eigenvalue weighted by Gasteiger charge is 2.33. The Morgan fingerprint density at radius 2 is 1.22 bits per heavy atom. The highest BCUT2D eigenvalue weighted by atomic mass is 15.0. The molecule has 0 aromatic carbocycles. The summed E-state index contributed by atoms with van der Waals surface area (Å²) in [7, 11) is 0. The number of hydrogen-bond acceptors (Lipinski definition) is 4. The van der Waals surface area contributed by atoms with E-state index in [4.69, 9.17) is 17.2 Å². The summed E-state index contributed by atoms with van der Waals surface area (Å²) in [6.07, 6.45) is 15.0. The Bertz CT molecular complexity index is 345. The van der Waals surface area contributed by atoms with Crippen LogP contribution in [0.25, 0.3) is 0 Å². The van der Waals surface area contributed by atoms with Crippen LogP contribution in [0, 0.1) is 11.8 Å². The molecule has 3 aliphatic rings. The Morgan fingerprint density at radius 3 is 1.87 bits per heavy atom. The lowest BCUT2D eigenvalue weighted by Crippen LogP contribution is -2.50. The first-order valence-corrected chi connectivity index (χ1v) is 10.1. The molecule has 0 aliphatic heterocycles. The third-order valence-corrected chi connectivity index (χ3v) is 6.77. The van der Waals surface area contributed by atoms with Crippen LogP contribution in [0.5, 0.6) is 0 Å². The van der Waals surface area contributed by atoms with Gasteiger partial charge in [0.05, 0.1) is 0 Å². The first-order valence-electron chi connectivity index (χ1n) is 10.1. The maximum absolute atomic E-state index is 6.30. The van der Waals surface area contributed by atoms with Crippen LogP contribution in [0.3, 0.4) is 0 Å². The number of nitrogens with one attached hydrogen (secondary N) is 1. The average Bonchev–Trinajstić information content (AvgIpc) is 2.54. The van der Waals surface area contributed by atoms with Crippen LogP contribution in [0.15, 0.2) is 0 Å². The Hall–Kier alpha value is -0.160. The van der Waals surface area contributed by atoms with E-state index in [2.05, 4.69) is 5.32 Å². The molecule has 3 atom stereocenters. The molecule has 3 rings (SSSR count). The van der Waals surface area contributed by atoms with Crippen molar-refractivity contribution >= 4 is 0 Å². The van der Waals surface area contributed by atoms with Gasteiger partial charge in [-0.15, -0.1) is 0 Å². The monoisotopic (exact) mass is 322 g/mol. The van der Waals surface area contributed by atoms with Crippen LogP contribution in [0.4, 0.5) is 0 Å². The Morgan fingerprint density at radius 1 is 0.652 bits per heavy atom. The van der Waals surface area contributed by atoms with Crippen LogP contribution in [0.2, 0.25) is 0 Å². The summed E-state index contributed by atoms with van der Waals surface area (Å²) in [5.41, 5.74) is 18.4. The highest BCUT2D eigenvalue weighted by molar-refractivity contribution is 4.91. The largest absolute Gasteiger partial charge is 0.328 e. The van der Waals surface area contributed by atoms with Gasteiger partial charge in [0.25, 0.3) is 0 Å². The third kappa shape index (κ3) is 5.15. The van der Waals surface area contributed by atoms with Crippen molar-refractivity contribution in [2.45, 2.75) is 107 Å². The van der Waals surface area contributed by atoms with Gasteiger partial charge < -0.3 is 22.5 Å². The normalized spacial score (nSPS) is 45.8. The van der Waals surface area contributed by atoms with Crippen molar-refractivity contribution < 1.29 is 0 Å². The molecule has 4 nitrogen and oxygen atoms in total. The van der Waals surface area contributed by atoms with Crippen molar-refractivity contribution in [3.8, 4) is 0 Å². The molecule has 4 heteroatoms. The van der Waals surface area contributed by atoms with Crippen molar-refractivity contribution in [1.82, 2.24) is 5.32 Å². The summed E-state index contributed by atoms with van der Waals surface area (Å²) in [5, 5.41) is 4.01. The fourth-order valence-corrected chi connectivity index (χ4v) is 5.22. The van der Waals surface area contributed by atoms with Crippen LogP contribution < -0.4 is 22.5 Å². The summed E-state index contributed by atoms with van der Waals surface area (Å²) in [6.45, 7) is 0. The first kappa shape index (κ1) is 17.7. The van der Waals surface area contributed by atoms with Gasteiger partial charge in [-0.25, -0.2) is 0 Å². The van der Waals surface area contributed by atoms with Crippen molar-refractivity contribution in [2.24, 2.45) is 29.0 Å². The van der Waals surface area contributed by atoms with Gasteiger partial charge in [0.1, 0.15) is 0 Å². The zero-order valence-electron chi connectivity index (χ0n) is 14.8. The second-order valence-corrected chi connectivity index (χ2v) is 8.73. The zero-order valence-corrected chi connectivity index (χ0v) is 14.8. The van der Waals surface area contributed by atoms with Gasteiger partial charge in [-0.2, -0.15) is 0 Å². The zero-order chi connectivity index (χ0) is 16.2. The standard InChI is InChI=1S/C19H38N4/c20-15-3-1-13(2-4-15)11-14-12-17(22)7-10-19(14)23-18-8-5-16(21)6-9-18/h13-19,23H,1-12,20-22H2. The molecule has 3 unspecified atom stereocenters. The van der Waals surface area contributed by atoms with Gasteiger partial charge in [-0.1, -0.05) is 0 Å². The van der Waals surface area contributed by atoms with E-state index in [1.54, 1.807) is 0 Å². The summed E-state index contributed by atoms with van der Waals surface area (Å²) >= 11 is 0. The van der Waals surface area contributed by atoms with Gasteiger partial charge in [0.15, 0.2) is 0 Å². The number of hydrogen-bond donors (Lipinski definition) is 4. The van der Waals surface area contributed by atoms with Gasteiger partial charge >= 0.3 is 0 Å². The molecular formula is C19H38N4. The predicted molar refractivity (Wildman–Crippen MR) is 97.0 cm³/mol. The highest BCUT2D eigenvalue weighted by Crippen LogP contribution is 2.35. The third-order valence-electron chi connectivity index (χ3n) is 6.77. The molecule has 7 N–H and O–H groups in total. The van der Waals surface area contributed by atoms with Gasteiger partial charge in [0.2, 0.25) is 0 Å². The topological polar surface area (TPSA) is 90.1 Å². The minimum atomic E-state index is 0.420. The summed E-state index contributed by atoms with van der Waals surface area (Å²) < 4.78 is 0. The molecule has 3 aliphatic carbocycles. The smallest absolute Gasteiger partial charge is 0.00991 e. The maximum atomic E-state index is 6.30. The molecule has 3 saturated carbocycles. The summed E-state index contributed by atoms with van der Waals surface area (Å²) in [6, 6.07) is 2.69. The van der Waals surface area contributed by atoms with E-state index in [0.717, 1.165) is 11.8 Å². The van der Waals surface area contributed by atoms with E-state index in [1.165, 1.54) is 77.0 Å². The molecule has 0 spiro atoms. The van der Waals surface area contributed by atoms with E-state index in [-0.39, 0.29) is 0 Å². The number of rotatable bonds is 4. The molecule has 0 saturated heterocycles. The molecule has 3 fully saturated rings. The average molecular weight is 323 g/mol. The van der Waals surface area contributed by atoms with Crippen LogP contribution in [-0.4, -0.2) is 30.2 Å². The first-order chi connectivity index (χ1) is 11.1. The quantitative estimate of drug-likeness (QED) is 0.639. The van der Waals surface area contributed by atoms with Crippen LogP contribution in [0.1, 0.15) is 77.0 Å². The van der Waals surface area contributed by atoms with Crippen molar-refractivity contribution in [3.63, 3.8) is 0 Å². The second-order valence-electron chi connectivity index (χ2n) is 8.73. The lowest BCUT2D eigenvalue weighted by Gasteiger charge is -2.41. The molecule has 0 aromatic heterocycles. The number of nitrogens with two attached hydrogens (primary N) is 3. The lowest BCUT2D eigenvalue weighted by molar-refractivity contribution is 0.161. The minimum Gasteiger partial charge on any atom is -0.328 e. The SMILES string of the molecule is NC1CCC(CC2CC(N)CCC2NC2CCC(N)CC2)CC1. The van der Waals surface area contributed by atoms with Gasteiger partial charge in [0, 0.05) is 30.2 Å². The predicted octanol–water partition coefficient (Wildman–Crippen LogP) is 2.25. The molecule has 0 radical (unpaired) electrons. The Labute approximate surface area is 142 Å². The van der Waals surface area contributed by atoms with Gasteiger partial charge in [-0.3, -0.25) is 0 Å². The maximum Gasteiger partial charge on any atom is 0.00991 e. The fraction of sp³-hybridized carbons (Fsp3) is 1.00. The molecule has 0 aromatic rings. The van der Waals surface area contributed by atoms with E-state index in [9.17, 15) is 0 Å². The fourth-order valence-electron chi connectivity index (χ4n) is 5.22. The second kappa shape index (κ2) is 8.28. The Balaban J connectivity index is 1.51. The van der Waals surface area contributed by atoms with E-state index >= 15 is 0 Å². The van der Waals surface area contributed by atoms with Crippen molar-refractivity contribution in [3.05, 3.63) is 0 Å². The van der Waals surface area contributed by atoms with E-state index in [0.29, 0.717) is 30.2 Å². The van der Waals surface area contributed by atoms with Crippen LogP contribution >= 0.6 is 0 Å². The minimum absolute atomic E-state index is 0.420. The van der Waals surface area contributed by atoms with Crippen LogP contribution in [-0.2, 0) is 0 Å². The molecule has 0 heterocycles. The molecule has 134 valence electrons. The summed E-state index contributed by atoms with van der Waals surface area (Å²) in [5.74, 6) is 1.66. The Kier molecular flexibility index (Phi) is 6.36. The lowest BCUT2D eigenvalue weighted by atomic mass is 9.73. The van der Waals surface area contributed by atoms with Crippen molar-refractivity contribution in [1.29, 1.82) is 0 Å². The summed E-state index contributed by atoms with van der Waals surface area (Å²) in [4.78, 5) is 0. The van der Waals surface area contributed by atoms with Crippen molar-refractivity contribution in [2.75, 3.05) is 0 Å². The van der Waals surface area contributed by atoms with Gasteiger partial charge in [-0.05, 0) is 88.9 Å². The molecule has 23 heavy (non-hydrogen) atoms.